The second-order valence-electron chi connectivity index (χ2n) is 6.34. The Hall–Kier alpha value is -3.53. The number of ether oxygens (including phenoxy) is 1. The lowest BCUT2D eigenvalue weighted by Crippen LogP contribution is -2.26. The van der Waals surface area contributed by atoms with E-state index in [1.165, 1.54) is 24.3 Å². The summed E-state index contributed by atoms with van der Waals surface area (Å²) < 4.78 is 49.4. The van der Waals surface area contributed by atoms with Crippen molar-refractivity contribution in [2.24, 2.45) is 0 Å². The molecule has 0 radical (unpaired) electrons. The van der Waals surface area contributed by atoms with E-state index in [4.69, 9.17) is 8.92 Å². The van der Waals surface area contributed by atoms with Gasteiger partial charge >= 0.3 is 16.1 Å². The Balaban J connectivity index is 2.07. The molecule has 0 bridgehead atoms. The largest absolute Gasteiger partial charge is 0.461 e. The molecule has 10 heteroatoms. The van der Waals surface area contributed by atoms with Gasteiger partial charge < -0.3 is 8.92 Å². The van der Waals surface area contributed by atoms with Crippen molar-refractivity contribution in [3.05, 3.63) is 82.0 Å². The summed E-state index contributed by atoms with van der Waals surface area (Å²) in [6.07, 6.45) is 0.722. The molecule has 0 saturated carbocycles. The third-order valence-electron chi connectivity index (χ3n) is 4.26. The van der Waals surface area contributed by atoms with Crippen molar-refractivity contribution in [3.63, 3.8) is 0 Å². The number of hydrogen-bond donors (Lipinski definition) is 0. The van der Waals surface area contributed by atoms with Crippen LogP contribution in [0.1, 0.15) is 29.9 Å². The maximum absolute atomic E-state index is 13.2. The van der Waals surface area contributed by atoms with Gasteiger partial charge in [0.05, 0.1) is 18.4 Å². The monoisotopic (exact) mass is 446 g/mol. The number of benzene rings is 2. The number of halogens is 1. The Labute approximate surface area is 178 Å². The predicted octanol–water partition coefficient (Wildman–Crippen LogP) is 2.88. The number of rotatable bonds is 7. The summed E-state index contributed by atoms with van der Waals surface area (Å²) in [5, 5.41) is 3.91. The molecule has 0 aliphatic carbocycles. The smallest absolute Gasteiger partial charge is 0.362 e. The van der Waals surface area contributed by atoms with Crippen LogP contribution in [0, 0.1) is 5.82 Å². The Morgan fingerprint density at radius 3 is 2.29 bits per heavy atom. The van der Waals surface area contributed by atoms with Gasteiger partial charge in [-0.05, 0) is 55.3 Å². The van der Waals surface area contributed by atoms with Gasteiger partial charge in [0.25, 0.3) is 5.56 Å². The van der Waals surface area contributed by atoms with Crippen LogP contribution in [-0.2, 0) is 21.3 Å². The van der Waals surface area contributed by atoms with Gasteiger partial charge in [0.15, 0.2) is 5.75 Å². The topological polar surface area (TPSA) is 105 Å². The lowest BCUT2D eigenvalue weighted by atomic mass is 10.2. The molecule has 0 N–H and O–H groups in total. The first-order valence-corrected chi connectivity index (χ1v) is 10.8. The summed E-state index contributed by atoms with van der Waals surface area (Å²) in [6, 6.07) is 11.6. The zero-order valence-electron chi connectivity index (χ0n) is 16.7. The van der Waals surface area contributed by atoms with Gasteiger partial charge in [0.1, 0.15) is 10.7 Å². The van der Waals surface area contributed by atoms with Gasteiger partial charge in [-0.1, -0.05) is 19.1 Å². The molecule has 0 amide bonds. The van der Waals surface area contributed by atoms with E-state index in [0.29, 0.717) is 0 Å². The molecule has 8 nitrogen and oxygen atoms in total. The van der Waals surface area contributed by atoms with Crippen molar-refractivity contribution in [3.8, 4) is 11.4 Å². The maximum atomic E-state index is 13.2. The highest BCUT2D eigenvalue weighted by atomic mass is 32.2. The van der Waals surface area contributed by atoms with E-state index < -0.39 is 38.9 Å². The van der Waals surface area contributed by atoms with Gasteiger partial charge in [-0.25, -0.2) is 9.18 Å². The first-order valence-electron chi connectivity index (χ1n) is 9.36. The van der Waals surface area contributed by atoms with E-state index in [-0.39, 0.29) is 17.2 Å². The van der Waals surface area contributed by atoms with Crippen LogP contribution >= 0.6 is 0 Å². The minimum atomic E-state index is -4.35. The molecule has 3 rings (SSSR count). The molecule has 0 aliphatic heterocycles. The van der Waals surface area contributed by atoms with Gasteiger partial charge in [-0.2, -0.15) is 18.2 Å². The van der Waals surface area contributed by atoms with E-state index in [2.05, 4.69) is 5.10 Å². The number of aromatic nitrogens is 2. The van der Waals surface area contributed by atoms with Crippen molar-refractivity contribution in [2.75, 3.05) is 6.61 Å². The second-order valence-corrected chi connectivity index (χ2v) is 7.89. The molecular formula is C21H19FN2O6S. The van der Waals surface area contributed by atoms with Crippen molar-refractivity contribution < 1.29 is 26.5 Å². The molecule has 1 heterocycles. The highest BCUT2D eigenvalue weighted by Crippen LogP contribution is 2.22. The fourth-order valence-electron chi connectivity index (χ4n) is 2.67. The maximum Gasteiger partial charge on any atom is 0.362 e. The zero-order chi connectivity index (χ0) is 22.6. The average molecular weight is 446 g/mol. The van der Waals surface area contributed by atoms with Crippen LogP contribution in [0.3, 0.4) is 0 Å². The SMILES string of the molecule is CCOC(=O)c1nn(-c2ccc(F)cc2)c(=O)cc1OS(=O)(=O)c1ccc(CC)cc1. The third kappa shape index (κ3) is 4.97. The summed E-state index contributed by atoms with van der Waals surface area (Å²) in [4.78, 5) is 24.8. The van der Waals surface area contributed by atoms with Crippen molar-refractivity contribution in [2.45, 2.75) is 25.2 Å². The minimum absolute atomic E-state index is 0.0130. The van der Waals surface area contributed by atoms with Crippen LogP contribution in [0.2, 0.25) is 0 Å². The molecule has 162 valence electrons. The zero-order valence-corrected chi connectivity index (χ0v) is 17.6. The number of hydrogen-bond acceptors (Lipinski definition) is 7. The van der Waals surface area contributed by atoms with E-state index in [1.807, 2.05) is 6.92 Å². The normalized spacial score (nSPS) is 11.2. The van der Waals surface area contributed by atoms with E-state index in [0.717, 1.165) is 34.9 Å². The molecule has 31 heavy (non-hydrogen) atoms. The second kappa shape index (κ2) is 9.09. The summed E-state index contributed by atoms with van der Waals surface area (Å²) >= 11 is 0. The molecule has 0 spiro atoms. The molecule has 0 aliphatic rings. The summed E-state index contributed by atoms with van der Waals surface area (Å²) in [5.74, 6) is -2.08. The van der Waals surface area contributed by atoms with Crippen molar-refractivity contribution >= 4 is 16.1 Å². The minimum Gasteiger partial charge on any atom is -0.461 e. The highest BCUT2D eigenvalue weighted by molar-refractivity contribution is 7.87. The van der Waals surface area contributed by atoms with Crippen molar-refractivity contribution in [1.29, 1.82) is 0 Å². The fourth-order valence-corrected chi connectivity index (χ4v) is 3.60. The van der Waals surface area contributed by atoms with E-state index in [1.54, 1.807) is 19.1 Å². The Kier molecular flexibility index (Phi) is 6.50. The van der Waals surface area contributed by atoms with Crippen LogP contribution in [0.15, 0.2) is 64.3 Å². The molecule has 0 saturated heterocycles. The number of esters is 1. The molecule has 0 unspecified atom stereocenters. The molecule has 0 fully saturated rings. The molecule has 1 aromatic heterocycles. The summed E-state index contributed by atoms with van der Waals surface area (Å²) in [5.41, 5.74) is -0.207. The standard InChI is InChI=1S/C21H19FN2O6S/c1-3-14-5-11-17(12-6-14)31(27,28)30-18-13-19(25)24(16-9-7-15(22)8-10-16)23-20(18)21(26)29-4-2/h5-13H,3-4H2,1-2H3. The van der Waals surface area contributed by atoms with Crippen LogP contribution in [0.5, 0.6) is 5.75 Å². The summed E-state index contributed by atoms with van der Waals surface area (Å²) in [7, 11) is -4.35. The molecule has 2 aromatic carbocycles. The predicted molar refractivity (Wildman–Crippen MR) is 109 cm³/mol. The van der Waals surface area contributed by atoms with Crippen LogP contribution < -0.4 is 9.74 Å². The Morgan fingerprint density at radius 2 is 1.71 bits per heavy atom. The van der Waals surface area contributed by atoms with E-state index >= 15 is 0 Å². The highest BCUT2D eigenvalue weighted by Gasteiger charge is 2.25. The lowest BCUT2D eigenvalue weighted by molar-refractivity contribution is 0.0515. The van der Waals surface area contributed by atoms with Gasteiger partial charge in [0, 0.05) is 0 Å². The lowest BCUT2D eigenvalue weighted by Gasteiger charge is -2.12. The van der Waals surface area contributed by atoms with Gasteiger partial charge in [-0.15, -0.1) is 0 Å². The average Bonchev–Trinajstić information content (AvgIpc) is 2.74. The van der Waals surface area contributed by atoms with E-state index in [9.17, 15) is 22.4 Å². The summed E-state index contributed by atoms with van der Waals surface area (Å²) in [6.45, 7) is 3.47. The molecule has 3 aromatic rings. The fraction of sp³-hybridized carbons (Fsp3) is 0.190. The molecule has 0 atom stereocenters. The number of carbonyl (C=O) groups is 1. The Morgan fingerprint density at radius 1 is 1.06 bits per heavy atom. The Bertz CT molecular complexity index is 1250. The first-order chi connectivity index (χ1) is 14.7. The number of nitrogens with zero attached hydrogens (tertiary/aromatic N) is 2. The molecular weight excluding hydrogens is 427 g/mol. The van der Waals surface area contributed by atoms with Gasteiger partial charge in [0.2, 0.25) is 5.69 Å². The number of carbonyl (C=O) groups excluding carboxylic acids is 1. The van der Waals surface area contributed by atoms with Crippen LogP contribution in [-0.4, -0.2) is 30.8 Å². The van der Waals surface area contributed by atoms with Crippen LogP contribution in [0.4, 0.5) is 4.39 Å². The first kappa shape index (κ1) is 22.2. The number of aryl methyl sites for hydroxylation is 1. The third-order valence-corrected chi connectivity index (χ3v) is 5.50. The quantitative estimate of drug-likeness (QED) is 0.406. The van der Waals surface area contributed by atoms with Crippen molar-refractivity contribution in [1.82, 2.24) is 9.78 Å². The van der Waals surface area contributed by atoms with Crippen LogP contribution in [0.25, 0.3) is 5.69 Å². The van der Waals surface area contributed by atoms with Gasteiger partial charge in [-0.3, -0.25) is 4.79 Å².